The Balaban J connectivity index is 2.28. The van der Waals surface area contributed by atoms with Crippen molar-refractivity contribution in [2.45, 2.75) is 13.0 Å². The Morgan fingerprint density at radius 1 is 1.48 bits per heavy atom. The number of carboxylic acid groups (broad SMARTS) is 1. The van der Waals surface area contributed by atoms with Crippen LogP contribution >= 0.6 is 15.9 Å². The average Bonchev–Trinajstić information content (AvgIpc) is 2.98. The van der Waals surface area contributed by atoms with Crippen molar-refractivity contribution in [3.8, 4) is 17.0 Å². The topological polar surface area (TPSA) is 81.8 Å². The van der Waals surface area contributed by atoms with Gasteiger partial charge in [0.1, 0.15) is 17.7 Å². The number of aromatic nitrogens is 1. The number of ether oxygens (including phenoxy) is 2. The van der Waals surface area contributed by atoms with Gasteiger partial charge in [0.05, 0.1) is 6.61 Å². The maximum atomic E-state index is 11.2. The number of hydrogen-bond donors (Lipinski definition) is 1. The lowest BCUT2D eigenvalue weighted by molar-refractivity contribution is -0.147. The zero-order chi connectivity index (χ0) is 15.2. The van der Waals surface area contributed by atoms with E-state index in [4.69, 9.17) is 14.0 Å². The molecule has 0 aliphatic carbocycles. The maximum absolute atomic E-state index is 11.2. The van der Waals surface area contributed by atoms with Crippen molar-refractivity contribution >= 4 is 21.9 Å². The van der Waals surface area contributed by atoms with Crippen molar-refractivity contribution in [3.05, 3.63) is 35.0 Å². The lowest BCUT2D eigenvalue weighted by Crippen LogP contribution is -2.32. The molecule has 0 saturated carbocycles. The second-order valence-corrected chi connectivity index (χ2v) is 5.05. The molecule has 0 saturated heterocycles. The Morgan fingerprint density at radius 2 is 2.29 bits per heavy atom. The number of hydrogen-bond acceptors (Lipinski definition) is 5. The molecule has 0 radical (unpaired) electrons. The lowest BCUT2D eigenvalue weighted by Gasteiger charge is -2.17. The van der Waals surface area contributed by atoms with E-state index < -0.39 is 12.1 Å². The summed E-state index contributed by atoms with van der Waals surface area (Å²) in [5.41, 5.74) is 1.20. The summed E-state index contributed by atoms with van der Waals surface area (Å²) in [5.74, 6) is -0.684. The molecule has 1 aromatic carbocycles. The number of benzene rings is 1. The summed E-state index contributed by atoms with van der Waals surface area (Å²) in [4.78, 5) is 11.2. The highest BCUT2D eigenvalue weighted by Crippen LogP contribution is 2.32. The Bertz CT molecular complexity index is 599. The van der Waals surface area contributed by atoms with Crippen LogP contribution in [0.1, 0.15) is 6.92 Å². The highest BCUT2D eigenvalue weighted by molar-refractivity contribution is 9.10. The molecule has 1 N–H and O–H groups in total. The largest absolute Gasteiger partial charge is 0.478 e. The summed E-state index contributed by atoms with van der Waals surface area (Å²) in [6.07, 6.45) is 0.353. The smallest absolute Gasteiger partial charge is 0.347 e. The van der Waals surface area contributed by atoms with Crippen molar-refractivity contribution in [3.63, 3.8) is 0 Å². The van der Waals surface area contributed by atoms with Gasteiger partial charge in [0, 0.05) is 22.7 Å². The molecule has 1 heterocycles. The van der Waals surface area contributed by atoms with E-state index in [0.717, 1.165) is 4.47 Å². The summed E-state index contributed by atoms with van der Waals surface area (Å²) in [6.45, 7) is 2.18. The summed E-state index contributed by atoms with van der Waals surface area (Å²) < 4.78 is 16.3. The van der Waals surface area contributed by atoms with Crippen LogP contribution in [0.2, 0.25) is 0 Å². The monoisotopic (exact) mass is 355 g/mol. The molecule has 21 heavy (non-hydrogen) atoms. The fourth-order valence-electron chi connectivity index (χ4n) is 1.69. The van der Waals surface area contributed by atoms with Gasteiger partial charge in [0.2, 0.25) is 6.10 Å². The number of aliphatic carboxylic acids is 1. The van der Waals surface area contributed by atoms with Gasteiger partial charge in [-0.3, -0.25) is 0 Å². The van der Waals surface area contributed by atoms with Gasteiger partial charge in [-0.1, -0.05) is 21.1 Å². The number of halogens is 1. The van der Waals surface area contributed by atoms with Gasteiger partial charge in [-0.15, -0.1) is 0 Å². The fourth-order valence-corrected chi connectivity index (χ4v) is 2.05. The highest BCUT2D eigenvalue weighted by Gasteiger charge is 2.22. The van der Waals surface area contributed by atoms with Crippen LogP contribution in [0.15, 0.2) is 39.5 Å². The summed E-state index contributed by atoms with van der Waals surface area (Å²) in [6, 6.07) is 6.90. The quantitative estimate of drug-likeness (QED) is 0.821. The molecule has 0 amide bonds. The minimum Gasteiger partial charge on any atom is -0.478 e. The third-order valence-electron chi connectivity index (χ3n) is 2.67. The molecule has 1 atom stereocenters. The van der Waals surface area contributed by atoms with E-state index in [1.54, 1.807) is 31.2 Å². The minimum absolute atomic E-state index is 0.0276. The van der Waals surface area contributed by atoms with Gasteiger partial charge < -0.3 is 19.1 Å². The molecule has 6 nitrogen and oxygen atoms in total. The first kappa shape index (κ1) is 15.5. The van der Waals surface area contributed by atoms with Crippen LogP contribution in [0.3, 0.4) is 0 Å². The van der Waals surface area contributed by atoms with Crippen molar-refractivity contribution in [1.29, 1.82) is 0 Å². The first-order valence-corrected chi connectivity index (χ1v) is 7.08. The molecule has 0 unspecified atom stereocenters. The molecule has 0 aliphatic heterocycles. The first-order chi connectivity index (χ1) is 10.1. The van der Waals surface area contributed by atoms with Crippen molar-refractivity contribution in [1.82, 2.24) is 5.16 Å². The Hall–Kier alpha value is -1.86. The van der Waals surface area contributed by atoms with E-state index in [1.165, 1.54) is 6.26 Å². The number of nitrogens with zero attached hydrogens (tertiary/aromatic N) is 1. The molecular formula is C14H14BrNO5. The molecule has 0 fully saturated rings. The molecule has 7 heteroatoms. The van der Waals surface area contributed by atoms with Crippen molar-refractivity contribution < 1.29 is 23.9 Å². The van der Waals surface area contributed by atoms with Gasteiger partial charge >= 0.3 is 5.97 Å². The predicted octanol–water partition coefficient (Wildman–Crippen LogP) is 2.97. The van der Waals surface area contributed by atoms with E-state index in [-0.39, 0.29) is 6.61 Å². The molecule has 0 bridgehead atoms. The van der Waals surface area contributed by atoms with E-state index in [9.17, 15) is 9.90 Å². The van der Waals surface area contributed by atoms with Crippen LogP contribution < -0.4 is 4.74 Å². The molecule has 112 valence electrons. The first-order valence-electron chi connectivity index (χ1n) is 6.29. The molecular weight excluding hydrogens is 342 g/mol. The zero-order valence-electron chi connectivity index (χ0n) is 11.3. The number of carboxylic acids is 1. The Morgan fingerprint density at radius 3 is 2.90 bits per heavy atom. The van der Waals surface area contributed by atoms with Crippen LogP contribution in [-0.2, 0) is 9.53 Å². The minimum atomic E-state index is -1.09. The third kappa shape index (κ3) is 4.05. The van der Waals surface area contributed by atoms with Crippen LogP contribution in [0.5, 0.6) is 5.75 Å². The van der Waals surface area contributed by atoms with Gasteiger partial charge in [-0.2, -0.15) is 0 Å². The van der Waals surface area contributed by atoms with E-state index in [0.29, 0.717) is 23.6 Å². The highest BCUT2D eigenvalue weighted by atomic mass is 79.9. The molecule has 0 aliphatic rings. The van der Waals surface area contributed by atoms with Crippen molar-refractivity contribution in [2.75, 3.05) is 13.2 Å². The zero-order valence-corrected chi connectivity index (χ0v) is 12.9. The van der Waals surface area contributed by atoms with Crippen molar-refractivity contribution in [2.24, 2.45) is 0 Å². The normalized spacial score (nSPS) is 12.1. The number of carbonyl (C=O) groups is 1. The third-order valence-corrected chi connectivity index (χ3v) is 3.17. The lowest BCUT2D eigenvalue weighted by atomic mass is 10.1. The molecule has 2 rings (SSSR count). The summed E-state index contributed by atoms with van der Waals surface area (Å²) in [7, 11) is 0. The van der Waals surface area contributed by atoms with Gasteiger partial charge in [0.25, 0.3) is 0 Å². The van der Waals surface area contributed by atoms with Crippen LogP contribution in [0.25, 0.3) is 11.3 Å². The maximum Gasteiger partial charge on any atom is 0.347 e. The Labute approximate surface area is 129 Å². The van der Waals surface area contributed by atoms with Crippen LogP contribution in [0.4, 0.5) is 0 Å². The fraction of sp³-hybridized carbons (Fsp3) is 0.286. The number of rotatable bonds is 7. The summed E-state index contributed by atoms with van der Waals surface area (Å²) >= 11 is 3.36. The van der Waals surface area contributed by atoms with E-state index in [2.05, 4.69) is 21.1 Å². The second-order valence-electron chi connectivity index (χ2n) is 4.13. The molecule has 2 aromatic rings. The standard InChI is InChI=1S/C14H14BrNO5/c1-2-19-8-13(14(17)18)21-12-4-3-9(15)7-10(12)11-5-6-20-16-11/h3-7,13H,2,8H2,1H3,(H,17,18)/t13-/m0/s1. The molecule has 1 aromatic heterocycles. The SMILES string of the molecule is CCOC[C@H](Oc1ccc(Br)cc1-c1ccon1)C(=O)O. The van der Waals surface area contributed by atoms with Gasteiger partial charge in [0.15, 0.2) is 0 Å². The van der Waals surface area contributed by atoms with Gasteiger partial charge in [-0.05, 0) is 25.1 Å². The second kappa shape index (κ2) is 7.24. The Kier molecular flexibility index (Phi) is 5.35. The van der Waals surface area contributed by atoms with Gasteiger partial charge in [-0.25, -0.2) is 4.79 Å². The van der Waals surface area contributed by atoms with Crippen LogP contribution in [0, 0.1) is 0 Å². The predicted molar refractivity (Wildman–Crippen MR) is 78.2 cm³/mol. The van der Waals surface area contributed by atoms with E-state index >= 15 is 0 Å². The molecule has 0 spiro atoms. The average molecular weight is 356 g/mol. The van der Waals surface area contributed by atoms with Crippen LogP contribution in [-0.4, -0.2) is 35.6 Å². The summed E-state index contributed by atoms with van der Waals surface area (Å²) in [5, 5.41) is 13.0. The van der Waals surface area contributed by atoms with E-state index in [1.807, 2.05) is 0 Å².